The second-order valence-corrected chi connectivity index (χ2v) is 6.01. The first-order valence-electron chi connectivity index (χ1n) is 8.01. The molecule has 0 bridgehead atoms. The van der Waals surface area contributed by atoms with E-state index in [0.717, 1.165) is 31.7 Å². The number of nitrogens with zero attached hydrogens (tertiary/aromatic N) is 2. The van der Waals surface area contributed by atoms with Crippen molar-refractivity contribution in [2.24, 2.45) is 0 Å². The van der Waals surface area contributed by atoms with Gasteiger partial charge in [0.25, 0.3) is 0 Å². The Morgan fingerprint density at radius 3 is 2.70 bits per heavy atom. The second-order valence-electron chi connectivity index (χ2n) is 6.01. The van der Waals surface area contributed by atoms with Crippen molar-refractivity contribution in [3.05, 3.63) is 58.9 Å². The lowest BCUT2D eigenvalue weighted by atomic mass is 10.00. The van der Waals surface area contributed by atoms with Gasteiger partial charge in [-0.15, -0.1) is 0 Å². The fraction of sp³-hybridized carbons (Fsp3) is 0.389. The zero-order valence-electron chi connectivity index (χ0n) is 12.9. The Hall–Kier alpha value is -1.95. The van der Waals surface area contributed by atoms with E-state index in [-0.39, 0.29) is 5.75 Å². The van der Waals surface area contributed by atoms with Gasteiger partial charge in [-0.1, -0.05) is 24.3 Å². The molecule has 1 fully saturated rings. The van der Waals surface area contributed by atoms with Gasteiger partial charge in [-0.3, -0.25) is 4.90 Å². The standard InChI is InChI=1S/C18H20N2O3/c21-16-6-5-15(19-17(16)18-22-9-10-23-18)12-20-8-7-13-3-1-2-4-14(13)11-20/h1-6,18,21H,7-12H2. The third-order valence-electron chi connectivity index (χ3n) is 4.40. The zero-order valence-corrected chi connectivity index (χ0v) is 12.9. The molecule has 0 unspecified atom stereocenters. The molecule has 1 N–H and O–H groups in total. The van der Waals surface area contributed by atoms with Crippen LogP contribution in [0.1, 0.15) is 28.8 Å². The molecular weight excluding hydrogens is 292 g/mol. The molecule has 1 aromatic heterocycles. The van der Waals surface area contributed by atoms with Crippen LogP contribution < -0.4 is 0 Å². The molecule has 0 amide bonds. The van der Waals surface area contributed by atoms with Gasteiger partial charge in [-0.2, -0.15) is 0 Å². The van der Waals surface area contributed by atoms with Crippen LogP contribution in [-0.4, -0.2) is 34.7 Å². The number of aromatic hydroxyl groups is 1. The van der Waals surface area contributed by atoms with Crippen molar-refractivity contribution in [2.75, 3.05) is 19.8 Å². The maximum absolute atomic E-state index is 10.00. The van der Waals surface area contributed by atoms with E-state index in [4.69, 9.17) is 9.47 Å². The molecule has 2 aromatic rings. The highest BCUT2D eigenvalue weighted by Crippen LogP contribution is 2.29. The van der Waals surface area contributed by atoms with E-state index in [2.05, 4.69) is 34.1 Å². The molecule has 1 saturated heterocycles. The van der Waals surface area contributed by atoms with Crippen LogP contribution in [0, 0.1) is 0 Å². The number of hydrogen-bond acceptors (Lipinski definition) is 5. The first-order chi connectivity index (χ1) is 11.3. The minimum absolute atomic E-state index is 0.129. The summed E-state index contributed by atoms with van der Waals surface area (Å²) in [5, 5.41) is 10.00. The first-order valence-corrected chi connectivity index (χ1v) is 8.01. The van der Waals surface area contributed by atoms with Crippen molar-refractivity contribution in [3.8, 4) is 5.75 Å². The number of benzene rings is 1. The van der Waals surface area contributed by atoms with Gasteiger partial charge in [-0.05, 0) is 29.7 Å². The van der Waals surface area contributed by atoms with Gasteiger partial charge in [0, 0.05) is 19.6 Å². The molecule has 120 valence electrons. The molecule has 2 aliphatic rings. The van der Waals surface area contributed by atoms with Gasteiger partial charge < -0.3 is 14.6 Å². The van der Waals surface area contributed by atoms with Crippen LogP contribution in [0.5, 0.6) is 5.75 Å². The van der Waals surface area contributed by atoms with Crippen LogP contribution in [0.25, 0.3) is 0 Å². The Kier molecular flexibility index (Phi) is 3.99. The SMILES string of the molecule is Oc1ccc(CN2CCc3ccccc3C2)nc1C1OCCO1. The van der Waals surface area contributed by atoms with Crippen molar-refractivity contribution >= 4 is 0 Å². The molecule has 0 spiro atoms. The number of aromatic nitrogens is 1. The second kappa shape index (κ2) is 6.28. The van der Waals surface area contributed by atoms with E-state index in [1.807, 2.05) is 6.07 Å². The van der Waals surface area contributed by atoms with Gasteiger partial charge in [0.15, 0.2) is 0 Å². The van der Waals surface area contributed by atoms with E-state index in [1.165, 1.54) is 11.1 Å². The maximum Gasteiger partial charge on any atom is 0.204 e. The van der Waals surface area contributed by atoms with Gasteiger partial charge in [0.1, 0.15) is 11.4 Å². The van der Waals surface area contributed by atoms with Gasteiger partial charge in [0.2, 0.25) is 6.29 Å². The Morgan fingerprint density at radius 2 is 1.87 bits per heavy atom. The molecule has 0 aliphatic carbocycles. The molecule has 0 radical (unpaired) electrons. The largest absolute Gasteiger partial charge is 0.506 e. The molecular formula is C18H20N2O3. The summed E-state index contributed by atoms with van der Waals surface area (Å²) in [6.45, 7) is 3.79. The van der Waals surface area contributed by atoms with Gasteiger partial charge >= 0.3 is 0 Å². The lowest BCUT2D eigenvalue weighted by Crippen LogP contribution is -2.30. The van der Waals surface area contributed by atoms with Crippen LogP contribution in [0.4, 0.5) is 0 Å². The van der Waals surface area contributed by atoms with E-state index in [1.54, 1.807) is 6.07 Å². The lowest BCUT2D eigenvalue weighted by molar-refractivity contribution is -0.0489. The predicted molar refractivity (Wildman–Crippen MR) is 84.8 cm³/mol. The quantitative estimate of drug-likeness (QED) is 0.943. The van der Waals surface area contributed by atoms with Crippen molar-refractivity contribution in [1.82, 2.24) is 9.88 Å². The van der Waals surface area contributed by atoms with Gasteiger partial charge in [0.05, 0.1) is 18.9 Å². The summed E-state index contributed by atoms with van der Waals surface area (Å²) in [4.78, 5) is 6.94. The predicted octanol–water partition coefficient (Wildman–Crippen LogP) is 2.39. The van der Waals surface area contributed by atoms with E-state index in [9.17, 15) is 5.11 Å². The number of fused-ring (bicyclic) bond motifs is 1. The fourth-order valence-corrected chi connectivity index (χ4v) is 3.21. The van der Waals surface area contributed by atoms with Crippen LogP contribution >= 0.6 is 0 Å². The normalized spacial score (nSPS) is 19.0. The summed E-state index contributed by atoms with van der Waals surface area (Å²) in [6, 6.07) is 12.1. The average Bonchev–Trinajstić information content (AvgIpc) is 3.11. The average molecular weight is 312 g/mol. The van der Waals surface area contributed by atoms with Crippen LogP contribution in [0.2, 0.25) is 0 Å². The first kappa shape index (κ1) is 14.6. The third-order valence-corrected chi connectivity index (χ3v) is 4.40. The molecule has 5 heteroatoms. The summed E-state index contributed by atoms with van der Waals surface area (Å²) in [5.74, 6) is 0.129. The monoisotopic (exact) mass is 312 g/mol. The van der Waals surface area contributed by atoms with E-state index >= 15 is 0 Å². The Morgan fingerprint density at radius 1 is 1.09 bits per heavy atom. The Labute approximate surface area is 135 Å². The number of rotatable bonds is 3. The highest BCUT2D eigenvalue weighted by molar-refractivity contribution is 5.31. The van der Waals surface area contributed by atoms with Crippen molar-refractivity contribution in [2.45, 2.75) is 25.8 Å². The molecule has 0 saturated carbocycles. The molecule has 0 atom stereocenters. The summed E-state index contributed by atoms with van der Waals surface area (Å²) >= 11 is 0. The van der Waals surface area contributed by atoms with Crippen molar-refractivity contribution in [3.63, 3.8) is 0 Å². The highest BCUT2D eigenvalue weighted by Gasteiger charge is 2.24. The van der Waals surface area contributed by atoms with E-state index in [0.29, 0.717) is 18.9 Å². The lowest BCUT2D eigenvalue weighted by Gasteiger charge is -2.28. The van der Waals surface area contributed by atoms with Crippen molar-refractivity contribution < 1.29 is 14.6 Å². The zero-order chi connectivity index (χ0) is 15.6. The third kappa shape index (κ3) is 3.08. The molecule has 3 heterocycles. The molecule has 23 heavy (non-hydrogen) atoms. The minimum Gasteiger partial charge on any atom is -0.506 e. The molecule has 1 aromatic carbocycles. The summed E-state index contributed by atoms with van der Waals surface area (Å²) in [7, 11) is 0. The fourth-order valence-electron chi connectivity index (χ4n) is 3.21. The summed E-state index contributed by atoms with van der Waals surface area (Å²) in [5.41, 5.74) is 4.24. The maximum atomic E-state index is 10.00. The van der Waals surface area contributed by atoms with Gasteiger partial charge in [-0.25, -0.2) is 4.98 Å². The van der Waals surface area contributed by atoms with Crippen LogP contribution in [-0.2, 0) is 29.0 Å². The van der Waals surface area contributed by atoms with E-state index < -0.39 is 6.29 Å². The Balaban J connectivity index is 1.50. The topological polar surface area (TPSA) is 54.8 Å². The minimum atomic E-state index is -0.544. The number of pyridine rings is 1. The van der Waals surface area contributed by atoms with Crippen LogP contribution in [0.15, 0.2) is 36.4 Å². The summed E-state index contributed by atoms with van der Waals surface area (Å²) in [6.07, 6.45) is 0.521. The van der Waals surface area contributed by atoms with Crippen LogP contribution in [0.3, 0.4) is 0 Å². The molecule has 5 nitrogen and oxygen atoms in total. The summed E-state index contributed by atoms with van der Waals surface area (Å²) < 4.78 is 10.9. The smallest absolute Gasteiger partial charge is 0.204 e. The molecule has 4 rings (SSSR count). The van der Waals surface area contributed by atoms with Crippen molar-refractivity contribution in [1.29, 1.82) is 0 Å². The molecule has 2 aliphatic heterocycles. The highest BCUT2D eigenvalue weighted by atomic mass is 16.7. The number of hydrogen-bond donors (Lipinski definition) is 1. The number of ether oxygens (including phenoxy) is 2. The Bertz CT molecular complexity index is 698.